The van der Waals surface area contributed by atoms with Gasteiger partial charge < -0.3 is 5.32 Å². The summed E-state index contributed by atoms with van der Waals surface area (Å²) in [6.07, 6.45) is 0. The van der Waals surface area contributed by atoms with E-state index in [0.29, 0.717) is 9.35 Å². The van der Waals surface area contributed by atoms with Crippen molar-refractivity contribution in [3.05, 3.63) is 48.5 Å². The maximum absolute atomic E-state index is 13.6. The maximum Gasteiger partial charge on any atom is 0.257 e. The third-order valence-corrected chi connectivity index (χ3v) is 4.74. The molecule has 0 aliphatic rings. The molecule has 1 aromatic carbocycles. The van der Waals surface area contributed by atoms with Gasteiger partial charge in [-0.1, -0.05) is 0 Å². The standard InChI is InChI=1S/C12H7Br2F2NOS/c1-5-2-8(16)9(4-7(5)15)17-12(18)6-3-10(13)19-11(6)14/h2-4H,1H3,(H,17,18). The number of nitrogens with one attached hydrogen (secondary N) is 1. The zero-order chi connectivity index (χ0) is 14.2. The Hall–Kier alpha value is -0.790. The van der Waals surface area contributed by atoms with Crippen molar-refractivity contribution >= 4 is 54.8 Å². The normalized spacial score (nSPS) is 10.6. The van der Waals surface area contributed by atoms with Crippen LogP contribution in [0.15, 0.2) is 25.8 Å². The van der Waals surface area contributed by atoms with E-state index in [4.69, 9.17) is 0 Å². The largest absolute Gasteiger partial charge is 0.319 e. The fourth-order valence-electron chi connectivity index (χ4n) is 1.43. The smallest absolute Gasteiger partial charge is 0.257 e. The summed E-state index contributed by atoms with van der Waals surface area (Å²) >= 11 is 7.80. The van der Waals surface area contributed by atoms with Gasteiger partial charge in [0.1, 0.15) is 11.6 Å². The molecule has 0 unspecified atom stereocenters. The first kappa shape index (κ1) is 14.6. The number of amides is 1. The van der Waals surface area contributed by atoms with Crippen LogP contribution >= 0.6 is 43.2 Å². The van der Waals surface area contributed by atoms with Gasteiger partial charge in [-0.3, -0.25) is 4.79 Å². The molecule has 100 valence electrons. The number of anilines is 1. The summed E-state index contributed by atoms with van der Waals surface area (Å²) in [6.45, 7) is 1.45. The molecule has 1 N–H and O–H groups in total. The summed E-state index contributed by atoms with van der Waals surface area (Å²) in [5.41, 5.74) is 0.370. The fourth-order valence-corrected chi connectivity index (χ4v) is 4.22. The molecule has 0 saturated carbocycles. The first-order valence-electron chi connectivity index (χ1n) is 5.10. The summed E-state index contributed by atoms with van der Waals surface area (Å²) < 4.78 is 28.4. The molecule has 1 amide bonds. The van der Waals surface area contributed by atoms with E-state index in [2.05, 4.69) is 37.2 Å². The molecule has 7 heteroatoms. The number of benzene rings is 1. The highest BCUT2D eigenvalue weighted by Gasteiger charge is 2.16. The molecular formula is C12H7Br2F2NOS. The van der Waals surface area contributed by atoms with Crippen LogP contribution in [0, 0.1) is 18.6 Å². The van der Waals surface area contributed by atoms with Crippen LogP contribution in [0.25, 0.3) is 0 Å². The van der Waals surface area contributed by atoms with E-state index in [1.165, 1.54) is 18.3 Å². The highest BCUT2D eigenvalue weighted by atomic mass is 79.9. The summed E-state index contributed by atoms with van der Waals surface area (Å²) in [6, 6.07) is 3.62. The average molecular weight is 411 g/mol. The van der Waals surface area contributed by atoms with Gasteiger partial charge in [0.15, 0.2) is 0 Å². The Morgan fingerprint density at radius 1 is 1.21 bits per heavy atom. The second-order valence-corrected chi connectivity index (χ2v) is 7.52. The minimum atomic E-state index is -0.669. The number of carbonyl (C=O) groups excluding carboxylic acids is 1. The number of halogens is 4. The van der Waals surface area contributed by atoms with E-state index in [9.17, 15) is 13.6 Å². The highest BCUT2D eigenvalue weighted by molar-refractivity contribution is 9.12. The van der Waals surface area contributed by atoms with Gasteiger partial charge in [-0.25, -0.2) is 8.78 Å². The molecule has 0 radical (unpaired) electrons. The first-order valence-corrected chi connectivity index (χ1v) is 7.50. The molecule has 2 aromatic rings. The molecule has 0 aliphatic carbocycles. The monoisotopic (exact) mass is 409 g/mol. The van der Waals surface area contributed by atoms with Crippen molar-refractivity contribution in [2.24, 2.45) is 0 Å². The molecule has 2 nitrogen and oxygen atoms in total. The average Bonchev–Trinajstić information content (AvgIpc) is 2.65. The Kier molecular flexibility index (Phi) is 4.37. The van der Waals surface area contributed by atoms with Gasteiger partial charge in [0.05, 0.1) is 18.8 Å². The van der Waals surface area contributed by atoms with Crippen LogP contribution in [0.4, 0.5) is 14.5 Å². The topological polar surface area (TPSA) is 29.1 Å². The number of aryl methyl sites for hydroxylation is 1. The summed E-state index contributed by atoms with van der Waals surface area (Å²) in [7, 11) is 0. The minimum Gasteiger partial charge on any atom is -0.319 e. The Labute approximate surface area is 129 Å². The van der Waals surface area contributed by atoms with Crippen LogP contribution in [0.1, 0.15) is 15.9 Å². The molecule has 19 heavy (non-hydrogen) atoms. The van der Waals surface area contributed by atoms with E-state index < -0.39 is 17.5 Å². The predicted octanol–water partition coefficient (Wildman–Crippen LogP) is 5.11. The van der Waals surface area contributed by atoms with E-state index in [0.717, 1.165) is 15.9 Å². The third kappa shape index (κ3) is 3.21. The van der Waals surface area contributed by atoms with Crippen molar-refractivity contribution in [2.75, 3.05) is 5.32 Å². The van der Waals surface area contributed by atoms with E-state index in [-0.39, 0.29) is 11.3 Å². The fraction of sp³-hybridized carbons (Fsp3) is 0.0833. The lowest BCUT2D eigenvalue weighted by atomic mass is 10.2. The maximum atomic E-state index is 13.6. The molecule has 0 atom stereocenters. The number of carbonyl (C=O) groups is 1. The second kappa shape index (κ2) is 5.68. The first-order chi connectivity index (χ1) is 8.88. The van der Waals surface area contributed by atoms with Crippen molar-refractivity contribution < 1.29 is 13.6 Å². The predicted molar refractivity (Wildman–Crippen MR) is 78.8 cm³/mol. The number of hydrogen-bond donors (Lipinski definition) is 1. The Morgan fingerprint density at radius 2 is 1.89 bits per heavy atom. The van der Waals surface area contributed by atoms with Crippen LogP contribution in [0.2, 0.25) is 0 Å². The molecule has 0 spiro atoms. The molecule has 0 fully saturated rings. The van der Waals surface area contributed by atoms with Crippen molar-refractivity contribution in [3.63, 3.8) is 0 Å². The summed E-state index contributed by atoms with van der Waals surface area (Å²) in [4.78, 5) is 12.0. The van der Waals surface area contributed by atoms with Gasteiger partial charge in [0, 0.05) is 6.07 Å². The van der Waals surface area contributed by atoms with Crippen molar-refractivity contribution in [3.8, 4) is 0 Å². The quantitative estimate of drug-likeness (QED) is 0.732. The number of rotatable bonds is 2. The molecule has 2 rings (SSSR count). The molecule has 1 heterocycles. The van der Waals surface area contributed by atoms with Crippen LogP contribution < -0.4 is 5.32 Å². The van der Waals surface area contributed by atoms with Crippen LogP contribution in [0.3, 0.4) is 0 Å². The molecular weight excluding hydrogens is 404 g/mol. The molecule has 0 saturated heterocycles. The highest BCUT2D eigenvalue weighted by Crippen LogP contribution is 2.32. The van der Waals surface area contributed by atoms with Gasteiger partial charge in [-0.2, -0.15) is 0 Å². The summed E-state index contributed by atoms with van der Waals surface area (Å²) in [5, 5.41) is 2.35. The lowest BCUT2D eigenvalue weighted by molar-refractivity contribution is 0.102. The molecule has 0 aliphatic heterocycles. The Morgan fingerprint density at radius 3 is 2.47 bits per heavy atom. The van der Waals surface area contributed by atoms with Crippen LogP contribution in [-0.4, -0.2) is 5.91 Å². The molecule has 0 bridgehead atoms. The van der Waals surface area contributed by atoms with E-state index in [1.807, 2.05) is 0 Å². The zero-order valence-corrected chi connectivity index (χ0v) is 13.5. The SMILES string of the molecule is Cc1cc(F)c(NC(=O)c2cc(Br)sc2Br)cc1F. The van der Waals surface area contributed by atoms with Crippen molar-refractivity contribution in [1.29, 1.82) is 0 Å². The molecule has 1 aromatic heterocycles. The van der Waals surface area contributed by atoms with Gasteiger partial charge in [-0.05, 0) is 56.5 Å². The third-order valence-electron chi connectivity index (χ3n) is 2.40. The Bertz CT molecular complexity index is 657. The number of thiophene rings is 1. The van der Waals surface area contributed by atoms with E-state index >= 15 is 0 Å². The Balaban J connectivity index is 2.29. The van der Waals surface area contributed by atoms with Crippen LogP contribution in [-0.2, 0) is 0 Å². The van der Waals surface area contributed by atoms with Crippen molar-refractivity contribution in [1.82, 2.24) is 0 Å². The van der Waals surface area contributed by atoms with Crippen LogP contribution in [0.5, 0.6) is 0 Å². The zero-order valence-electron chi connectivity index (χ0n) is 9.56. The number of hydrogen-bond acceptors (Lipinski definition) is 2. The van der Waals surface area contributed by atoms with Gasteiger partial charge in [-0.15, -0.1) is 11.3 Å². The lowest BCUT2D eigenvalue weighted by Crippen LogP contribution is -2.13. The van der Waals surface area contributed by atoms with Gasteiger partial charge >= 0.3 is 0 Å². The van der Waals surface area contributed by atoms with Gasteiger partial charge in [0.25, 0.3) is 5.91 Å². The van der Waals surface area contributed by atoms with Crippen molar-refractivity contribution in [2.45, 2.75) is 6.92 Å². The lowest BCUT2D eigenvalue weighted by Gasteiger charge is -2.07. The summed E-state index contributed by atoms with van der Waals surface area (Å²) in [5.74, 6) is -1.74. The van der Waals surface area contributed by atoms with Gasteiger partial charge in [0.2, 0.25) is 0 Å². The second-order valence-electron chi connectivity index (χ2n) is 3.77. The minimum absolute atomic E-state index is 0.178. The van der Waals surface area contributed by atoms with E-state index in [1.54, 1.807) is 6.07 Å².